The smallest absolute Gasteiger partial charge is 0.264 e. The first kappa shape index (κ1) is 34.5. The molecule has 0 saturated heterocycles. The number of sulfonamides is 1. The number of aryl methyl sites for hydroxylation is 2. The average Bonchev–Trinajstić information content (AvgIpc) is 3.57. The lowest BCUT2D eigenvalue weighted by atomic mass is 10.0. The minimum Gasteiger partial charge on any atom is -0.352 e. The van der Waals surface area contributed by atoms with Gasteiger partial charge in [-0.3, -0.25) is 13.9 Å². The summed E-state index contributed by atoms with van der Waals surface area (Å²) in [6.07, 6.45) is 4.08. The number of hydrogen-bond acceptors (Lipinski definition) is 4. The van der Waals surface area contributed by atoms with Crippen molar-refractivity contribution in [2.45, 2.75) is 69.5 Å². The van der Waals surface area contributed by atoms with E-state index >= 15 is 0 Å². The van der Waals surface area contributed by atoms with Gasteiger partial charge in [-0.15, -0.1) is 0 Å². The van der Waals surface area contributed by atoms with Crippen LogP contribution in [0.2, 0.25) is 10.0 Å². The lowest BCUT2D eigenvalue weighted by Gasteiger charge is -2.34. The molecule has 1 N–H and O–H groups in total. The van der Waals surface area contributed by atoms with Crippen molar-refractivity contribution >= 4 is 50.7 Å². The Hall–Kier alpha value is -3.85. The second-order valence-electron chi connectivity index (χ2n) is 12.1. The van der Waals surface area contributed by atoms with Crippen LogP contribution in [-0.2, 0) is 32.6 Å². The highest BCUT2D eigenvalue weighted by Gasteiger charge is 2.36. The van der Waals surface area contributed by atoms with Gasteiger partial charge in [0.25, 0.3) is 10.0 Å². The molecule has 7 nitrogen and oxygen atoms in total. The molecule has 1 aliphatic rings. The second-order valence-corrected chi connectivity index (χ2v) is 14.8. The molecule has 47 heavy (non-hydrogen) atoms. The fourth-order valence-corrected chi connectivity index (χ4v) is 7.70. The second kappa shape index (κ2) is 15.4. The van der Waals surface area contributed by atoms with Gasteiger partial charge < -0.3 is 10.2 Å². The lowest BCUT2D eigenvalue weighted by Crippen LogP contribution is -2.54. The number of anilines is 1. The molecule has 0 radical (unpaired) electrons. The van der Waals surface area contributed by atoms with E-state index in [1.807, 2.05) is 68.4 Å². The summed E-state index contributed by atoms with van der Waals surface area (Å²) in [5, 5.41) is 3.56. The van der Waals surface area contributed by atoms with E-state index in [0.717, 1.165) is 52.2 Å². The van der Waals surface area contributed by atoms with Gasteiger partial charge in [-0.05, 0) is 68.1 Å². The molecule has 1 aliphatic carbocycles. The van der Waals surface area contributed by atoms with Crippen LogP contribution in [0.3, 0.4) is 0 Å². The van der Waals surface area contributed by atoms with Gasteiger partial charge in [0.2, 0.25) is 11.8 Å². The van der Waals surface area contributed by atoms with Crippen LogP contribution in [0, 0.1) is 13.8 Å². The maximum atomic E-state index is 14.7. The molecule has 0 aliphatic heterocycles. The fourth-order valence-electron chi connectivity index (χ4n) is 5.84. The van der Waals surface area contributed by atoms with Crippen molar-refractivity contribution in [2.75, 3.05) is 10.8 Å². The number of carbonyl (C=O) groups is 2. The summed E-state index contributed by atoms with van der Waals surface area (Å²) in [5.74, 6) is -0.824. The first-order valence-electron chi connectivity index (χ1n) is 15.7. The molecule has 0 unspecified atom stereocenters. The van der Waals surface area contributed by atoms with E-state index in [9.17, 15) is 18.0 Å². The highest BCUT2D eigenvalue weighted by Crippen LogP contribution is 2.33. The summed E-state index contributed by atoms with van der Waals surface area (Å²) in [7, 11) is -4.30. The van der Waals surface area contributed by atoms with Crippen LogP contribution in [0.1, 0.15) is 47.9 Å². The first-order chi connectivity index (χ1) is 22.5. The molecule has 0 heterocycles. The summed E-state index contributed by atoms with van der Waals surface area (Å²) >= 11 is 12.9. The van der Waals surface area contributed by atoms with Crippen LogP contribution in [-0.4, -0.2) is 43.8 Å². The maximum Gasteiger partial charge on any atom is 0.264 e. The topological polar surface area (TPSA) is 86.8 Å². The molecule has 1 atom stereocenters. The molecule has 4 aromatic carbocycles. The Balaban J connectivity index is 1.58. The van der Waals surface area contributed by atoms with Gasteiger partial charge in [-0.25, -0.2) is 8.42 Å². The molecule has 10 heteroatoms. The van der Waals surface area contributed by atoms with E-state index in [4.69, 9.17) is 23.2 Å². The lowest BCUT2D eigenvalue weighted by molar-refractivity contribution is -0.140. The van der Waals surface area contributed by atoms with Gasteiger partial charge in [0, 0.05) is 24.0 Å². The Labute approximate surface area is 287 Å². The molecule has 246 valence electrons. The van der Waals surface area contributed by atoms with Gasteiger partial charge in [0.05, 0.1) is 15.6 Å². The van der Waals surface area contributed by atoms with Crippen molar-refractivity contribution in [2.24, 2.45) is 0 Å². The monoisotopic (exact) mass is 691 g/mol. The van der Waals surface area contributed by atoms with Crippen LogP contribution < -0.4 is 9.62 Å². The summed E-state index contributed by atoms with van der Waals surface area (Å²) in [4.78, 5) is 30.3. The summed E-state index contributed by atoms with van der Waals surface area (Å²) in [6, 6.07) is 27.2. The highest BCUT2D eigenvalue weighted by atomic mass is 35.5. The fraction of sp³-hybridized carbons (Fsp3) is 0.297. The van der Waals surface area contributed by atoms with Crippen molar-refractivity contribution < 1.29 is 18.0 Å². The highest BCUT2D eigenvalue weighted by molar-refractivity contribution is 7.92. The molecule has 0 bridgehead atoms. The molecule has 0 aromatic heterocycles. The predicted molar refractivity (Wildman–Crippen MR) is 188 cm³/mol. The van der Waals surface area contributed by atoms with E-state index in [1.165, 1.54) is 29.2 Å². The molecule has 1 saturated carbocycles. The van der Waals surface area contributed by atoms with Crippen LogP contribution >= 0.6 is 23.2 Å². The zero-order chi connectivity index (χ0) is 33.6. The van der Waals surface area contributed by atoms with Crippen molar-refractivity contribution in [1.29, 1.82) is 0 Å². The summed E-state index contributed by atoms with van der Waals surface area (Å²) < 4.78 is 29.5. The van der Waals surface area contributed by atoms with Crippen LogP contribution in [0.5, 0.6) is 0 Å². The van der Waals surface area contributed by atoms with Crippen molar-refractivity contribution in [3.05, 3.63) is 129 Å². The summed E-state index contributed by atoms with van der Waals surface area (Å²) in [5.41, 5.74) is 3.69. The number of benzene rings is 4. The number of hydrogen-bond donors (Lipinski definition) is 1. The summed E-state index contributed by atoms with van der Waals surface area (Å²) in [6.45, 7) is 3.32. The third-order valence-corrected chi connectivity index (χ3v) is 10.8. The number of nitrogens with one attached hydrogen (secondary N) is 1. The normalized spacial score (nSPS) is 14.0. The van der Waals surface area contributed by atoms with Crippen molar-refractivity contribution in [1.82, 2.24) is 10.2 Å². The van der Waals surface area contributed by atoms with Gasteiger partial charge in [-0.2, -0.15) is 0 Å². The maximum absolute atomic E-state index is 14.7. The molecule has 5 rings (SSSR count). The van der Waals surface area contributed by atoms with Crippen molar-refractivity contribution in [3.63, 3.8) is 0 Å². The Morgan fingerprint density at radius 3 is 2.09 bits per heavy atom. The van der Waals surface area contributed by atoms with E-state index in [1.54, 1.807) is 18.2 Å². The molecular formula is C37H39Cl2N3O4S. The predicted octanol–water partition coefficient (Wildman–Crippen LogP) is 7.50. The Morgan fingerprint density at radius 2 is 1.45 bits per heavy atom. The Bertz CT molecular complexity index is 1790. The van der Waals surface area contributed by atoms with E-state index < -0.39 is 28.5 Å². The molecule has 0 spiro atoms. The molecule has 1 fully saturated rings. The first-order valence-corrected chi connectivity index (χ1v) is 17.9. The average molecular weight is 693 g/mol. The SMILES string of the molecule is Cc1ccc(CN(C(=O)CN(c2cc(Cl)ccc2Cl)S(=O)(=O)c2ccc(C)cc2)[C@@H](Cc2ccccc2)C(=O)NC2CCCC2)cc1. The number of carbonyl (C=O) groups excluding carboxylic acids is 2. The van der Waals surface area contributed by atoms with Gasteiger partial charge in [0.15, 0.2) is 0 Å². The largest absolute Gasteiger partial charge is 0.352 e. The van der Waals surface area contributed by atoms with Crippen LogP contribution in [0.25, 0.3) is 0 Å². The van der Waals surface area contributed by atoms with Crippen molar-refractivity contribution in [3.8, 4) is 0 Å². The third kappa shape index (κ3) is 8.74. The number of rotatable bonds is 12. The molecule has 4 aromatic rings. The minimum atomic E-state index is -4.30. The van der Waals surface area contributed by atoms with E-state index in [0.29, 0.717) is 0 Å². The zero-order valence-electron chi connectivity index (χ0n) is 26.5. The Morgan fingerprint density at radius 1 is 0.830 bits per heavy atom. The molecular weight excluding hydrogens is 653 g/mol. The quantitative estimate of drug-likeness (QED) is 0.167. The standard InChI is InChI=1S/C37H39Cl2N3O4S/c1-26-12-16-29(17-13-26)24-41(35(22-28-8-4-3-5-9-28)37(44)40-31-10-6-7-11-31)36(43)25-42(34-23-30(38)18-21-33(34)39)47(45,46)32-19-14-27(2)15-20-32/h3-5,8-9,12-21,23,31,35H,6-7,10-11,22,24-25H2,1-2H3,(H,40,44)/t35-/m0/s1. The minimum absolute atomic E-state index is 0.00293. The van der Waals surface area contributed by atoms with Crippen LogP contribution in [0.15, 0.2) is 102 Å². The van der Waals surface area contributed by atoms with E-state index in [-0.39, 0.29) is 45.5 Å². The zero-order valence-corrected chi connectivity index (χ0v) is 28.9. The number of halogens is 2. The number of nitrogens with zero attached hydrogens (tertiary/aromatic N) is 2. The van der Waals surface area contributed by atoms with E-state index in [2.05, 4.69) is 5.32 Å². The van der Waals surface area contributed by atoms with Crippen LogP contribution in [0.4, 0.5) is 5.69 Å². The molecule has 2 amide bonds. The van der Waals surface area contributed by atoms with Gasteiger partial charge in [0.1, 0.15) is 12.6 Å². The van der Waals surface area contributed by atoms with Gasteiger partial charge in [-0.1, -0.05) is 114 Å². The third-order valence-electron chi connectivity index (χ3n) is 8.51. The van der Waals surface area contributed by atoms with Gasteiger partial charge >= 0.3 is 0 Å². The number of amides is 2. The Kier molecular flexibility index (Phi) is 11.3.